The first-order valence-electron chi connectivity index (χ1n) is 6.05. The zero-order valence-electron chi connectivity index (χ0n) is 11.8. The van der Waals surface area contributed by atoms with Crippen molar-refractivity contribution in [2.45, 2.75) is 40.2 Å². The van der Waals surface area contributed by atoms with E-state index in [0.717, 1.165) is 16.6 Å². The Morgan fingerprint density at radius 2 is 1.89 bits per heavy atom. The van der Waals surface area contributed by atoms with Crippen molar-refractivity contribution in [1.29, 1.82) is 0 Å². The van der Waals surface area contributed by atoms with E-state index in [0.29, 0.717) is 15.4 Å². The molecule has 102 valence electrons. The third-order valence-corrected chi connectivity index (χ3v) is 3.92. The number of aromatic nitrogens is 2. The molecule has 19 heavy (non-hydrogen) atoms. The van der Waals surface area contributed by atoms with Gasteiger partial charge in [0.05, 0.1) is 11.4 Å². The number of anilines is 1. The highest BCUT2D eigenvalue weighted by molar-refractivity contribution is 7.21. The highest BCUT2D eigenvalue weighted by Crippen LogP contribution is 2.34. The van der Waals surface area contributed by atoms with Crippen LogP contribution in [0.25, 0.3) is 10.2 Å². The Morgan fingerprint density at radius 3 is 2.47 bits per heavy atom. The lowest BCUT2D eigenvalue weighted by Crippen LogP contribution is -2.40. The Labute approximate surface area is 116 Å². The van der Waals surface area contributed by atoms with Crippen LogP contribution in [0.4, 0.5) is 5.69 Å². The number of hydrogen-bond donors (Lipinski definition) is 2. The second kappa shape index (κ2) is 4.45. The van der Waals surface area contributed by atoms with Crippen LogP contribution in [0.2, 0.25) is 0 Å². The average molecular weight is 278 g/mol. The van der Waals surface area contributed by atoms with E-state index >= 15 is 0 Å². The summed E-state index contributed by atoms with van der Waals surface area (Å²) in [6.45, 7) is 9.63. The molecule has 0 fully saturated rings. The quantitative estimate of drug-likeness (QED) is 0.839. The molecule has 0 aromatic carbocycles. The lowest BCUT2D eigenvalue weighted by Gasteiger charge is -2.20. The first-order valence-corrected chi connectivity index (χ1v) is 6.86. The number of nitrogen functional groups attached to an aromatic ring is 1. The Balaban J connectivity index is 2.55. The Kier molecular flexibility index (Phi) is 3.22. The number of nitrogens with zero attached hydrogens (tertiary/aromatic N) is 2. The van der Waals surface area contributed by atoms with Gasteiger partial charge in [0.25, 0.3) is 5.91 Å². The van der Waals surface area contributed by atoms with Crippen molar-refractivity contribution in [3.63, 3.8) is 0 Å². The molecule has 0 saturated carbocycles. The molecule has 0 radical (unpaired) electrons. The normalized spacial score (nSPS) is 11.8. The molecule has 2 heterocycles. The summed E-state index contributed by atoms with van der Waals surface area (Å²) in [5.74, 6) is -0.162. The zero-order chi connectivity index (χ0) is 14.4. The molecule has 0 aliphatic rings. The summed E-state index contributed by atoms with van der Waals surface area (Å²) >= 11 is 1.28. The molecule has 0 aliphatic heterocycles. The zero-order valence-corrected chi connectivity index (χ0v) is 12.6. The summed E-state index contributed by atoms with van der Waals surface area (Å²) < 4.78 is 0. The standard InChI is InChI=1S/C13H18N4OS/c1-6-7(2)16-17-12-8(6)9(14)10(19-12)11(18)15-13(3,4)5/h14H2,1-5H3,(H,15,18). The number of rotatable bonds is 1. The van der Waals surface area contributed by atoms with Gasteiger partial charge in [-0.25, -0.2) is 0 Å². The molecule has 6 heteroatoms. The second-order valence-corrected chi connectivity index (χ2v) is 6.64. The Morgan fingerprint density at radius 1 is 1.26 bits per heavy atom. The molecular formula is C13H18N4OS. The topological polar surface area (TPSA) is 80.9 Å². The molecule has 1 amide bonds. The van der Waals surface area contributed by atoms with Gasteiger partial charge < -0.3 is 11.1 Å². The number of fused-ring (bicyclic) bond motifs is 1. The summed E-state index contributed by atoms with van der Waals surface area (Å²) in [4.78, 5) is 13.4. The van der Waals surface area contributed by atoms with Gasteiger partial charge in [-0.1, -0.05) is 0 Å². The fourth-order valence-electron chi connectivity index (χ4n) is 1.81. The predicted molar refractivity (Wildman–Crippen MR) is 78.5 cm³/mol. The minimum Gasteiger partial charge on any atom is -0.397 e. The molecule has 2 rings (SSSR count). The Bertz CT molecular complexity index is 655. The monoisotopic (exact) mass is 278 g/mol. The fraction of sp³-hybridized carbons (Fsp3) is 0.462. The molecule has 0 bridgehead atoms. The molecule has 0 aliphatic carbocycles. The summed E-state index contributed by atoms with van der Waals surface area (Å²) in [5.41, 5.74) is 8.13. The van der Waals surface area contributed by atoms with Crippen molar-refractivity contribution >= 4 is 33.1 Å². The van der Waals surface area contributed by atoms with Gasteiger partial charge in [0.15, 0.2) is 0 Å². The minimum atomic E-state index is -0.295. The van der Waals surface area contributed by atoms with Crippen LogP contribution in [-0.2, 0) is 0 Å². The third-order valence-electron chi connectivity index (χ3n) is 2.83. The van der Waals surface area contributed by atoms with E-state index in [-0.39, 0.29) is 11.4 Å². The maximum absolute atomic E-state index is 12.2. The number of carbonyl (C=O) groups is 1. The van der Waals surface area contributed by atoms with Crippen LogP contribution in [-0.4, -0.2) is 21.6 Å². The molecule has 0 atom stereocenters. The molecule has 5 nitrogen and oxygen atoms in total. The Hall–Kier alpha value is -1.69. The molecule has 2 aromatic rings. The smallest absolute Gasteiger partial charge is 0.263 e. The molecule has 0 saturated heterocycles. The molecule has 2 aromatic heterocycles. The fourth-order valence-corrected chi connectivity index (χ4v) is 2.80. The van der Waals surface area contributed by atoms with Crippen LogP contribution >= 0.6 is 11.3 Å². The van der Waals surface area contributed by atoms with Crippen LogP contribution in [0.5, 0.6) is 0 Å². The van der Waals surface area contributed by atoms with E-state index in [1.807, 2.05) is 34.6 Å². The van der Waals surface area contributed by atoms with Crippen molar-refractivity contribution in [3.8, 4) is 0 Å². The number of carbonyl (C=O) groups excluding carboxylic acids is 1. The minimum absolute atomic E-state index is 0.162. The van der Waals surface area contributed by atoms with Crippen molar-refractivity contribution in [2.75, 3.05) is 5.73 Å². The van der Waals surface area contributed by atoms with Crippen LogP contribution in [0.1, 0.15) is 41.7 Å². The van der Waals surface area contributed by atoms with Crippen LogP contribution in [0.15, 0.2) is 0 Å². The van der Waals surface area contributed by atoms with Gasteiger partial charge in [-0.05, 0) is 40.2 Å². The molecular weight excluding hydrogens is 260 g/mol. The van der Waals surface area contributed by atoms with E-state index in [1.54, 1.807) is 0 Å². The van der Waals surface area contributed by atoms with E-state index in [2.05, 4.69) is 15.5 Å². The van der Waals surface area contributed by atoms with Crippen LogP contribution < -0.4 is 11.1 Å². The SMILES string of the molecule is Cc1nnc2sc(C(=O)NC(C)(C)C)c(N)c2c1C. The number of nitrogens with two attached hydrogens (primary N) is 1. The van der Waals surface area contributed by atoms with E-state index in [4.69, 9.17) is 5.73 Å². The first-order chi connectivity index (χ1) is 8.70. The van der Waals surface area contributed by atoms with E-state index in [1.165, 1.54) is 11.3 Å². The van der Waals surface area contributed by atoms with Gasteiger partial charge >= 0.3 is 0 Å². The number of hydrogen-bond acceptors (Lipinski definition) is 5. The van der Waals surface area contributed by atoms with Gasteiger partial charge in [-0.3, -0.25) is 4.79 Å². The molecule has 3 N–H and O–H groups in total. The highest BCUT2D eigenvalue weighted by Gasteiger charge is 2.22. The van der Waals surface area contributed by atoms with Crippen molar-refractivity contribution in [2.24, 2.45) is 0 Å². The van der Waals surface area contributed by atoms with E-state index in [9.17, 15) is 4.79 Å². The molecule has 0 unspecified atom stereocenters. The van der Waals surface area contributed by atoms with Gasteiger partial charge in [0.2, 0.25) is 0 Å². The number of thiophene rings is 1. The number of nitrogens with one attached hydrogen (secondary N) is 1. The number of amides is 1. The lowest BCUT2D eigenvalue weighted by atomic mass is 10.1. The predicted octanol–water partition coefficient (Wildman–Crippen LogP) is 2.42. The van der Waals surface area contributed by atoms with Crippen molar-refractivity contribution in [3.05, 3.63) is 16.1 Å². The maximum Gasteiger partial charge on any atom is 0.263 e. The third kappa shape index (κ3) is 2.53. The summed E-state index contributed by atoms with van der Waals surface area (Å²) in [5, 5.41) is 11.9. The van der Waals surface area contributed by atoms with Crippen LogP contribution in [0.3, 0.4) is 0 Å². The highest BCUT2D eigenvalue weighted by atomic mass is 32.1. The van der Waals surface area contributed by atoms with Crippen molar-refractivity contribution in [1.82, 2.24) is 15.5 Å². The van der Waals surface area contributed by atoms with Gasteiger partial charge in [0, 0.05) is 10.9 Å². The lowest BCUT2D eigenvalue weighted by molar-refractivity contribution is 0.0924. The second-order valence-electron chi connectivity index (χ2n) is 5.64. The van der Waals surface area contributed by atoms with Gasteiger partial charge in [-0.15, -0.1) is 16.4 Å². The van der Waals surface area contributed by atoms with Gasteiger partial charge in [-0.2, -0.15) is 5.10 Å². The first kappa shape index (κ1) is 13.7. The number of aryl methyl sites for hydroxylation is 2. The summed E-state index contributed by atoms with van der Waals surface area (Å²) in [7, 11) is 0. The van der Waals surface area contributed by atoms with Crippen molar-refractivity contribution < 1.29 is 4.79 Å². The van der Waals surface area contributed by atoms with E-state index < -0.39 is 0 Å². The summed E-state index contributed by atoms with van der Waals surface area (Å²) in [6, 6.07) is 0. The van der Waals surface area contributed by atoms with Gasteiger partial charge in [0.1, 0.15) is 9.71 Å². The largest absolute Gasteiger partial charge is 0.397 e. The summed E-state index contributed by atoms with van der Waals surface area (Å²) in [6.07, 6.45) is 0. The molecule has 0 spiro atoms. The average Bonchev–Trinajstić information content (AvgIpc) is 2.60. The maximum atomic E-state index is 12.2. The van der Waals surface area contributed by atoms with Crippen LogP contribution in [0, 0.1) is 13.8 Å².